The van der Waals surface area contributed by atoms with Gasteiger partial charge in [0.25, 0.3) is 0 Å². The minimum absolute atomic E-state index is 0.405. The lowest BCUT2D eigenvalue weighted by atomic mass is 10.2. The number of benzene rings is 1. The number of carbonyl (C=O) groups excluding carboxylic acids is 2. The Labute approximate surface area is 127 Å². The fourth-order valence-corrected chi connectivity index (χ4v) is 1.80. The van der Waals surface area contributed by atoms with Crippen LogP contribution in [0.25, 0.3) is 0 Å². The smallest absolute Gasteiger partial charge is 0.326 e. The standard InChI is InChI=1S/C11H11BrClN3O4/c12-6-3-5(1-2-7(6)13)15-11(20)16-8(10(18)19)4-9(14)17/h1-3,8H,4H2,(H2,14,17)(H,18,19)(H2,15,16,20). The van der Waals surface area contributed by atoms with Crippen molar-refractivity contribution in [2.24, 2.45) is 5.73 Å². The van der Waals surface area contributed by atoms with Crippen molar-refractivity contribution in [3.05, 3.63) is 27.7 Å². The lowest BCUT2D eigenvalue weighted by Crippen LogP contribution is -2.45. The zero-order valence-electron chi connectivity index (χ0n) is 10.0. The molecule has 0 saturated heterocycles. The maximum absolute atomic E-state index is 11.6. The van der Waals surface area contributed by atoms with Crippen LogP contribution in [0.3, 0.4) is 0 Å². The summed E-state index contributed by atoms with van der Waals surface area (Å²) in [7, 11) is 0. The first-order valence-corrected chi connectivity index (χ1v) is 6.50. The fourth-order valence-electron chi connectivity index (χ4n) is 1.30. The molecule has 108 valence electrons. The highest BCUT2D eigenvalue weighted by atomic mass is 79.9. The highest BCUT2D eigenvalue weighted by Crippen LogP contribution is 2.25. The molecule has 1 atom stereocenters. The van der Waals surface area contributed by atoms with E-state index in [0.717, 1.165) is 0 Å². The molecular formula is C11H11BrClN3O4. The zero-order valence-corrected chi connectivity index (χ0v) is 12.4. The highest BCUT2D eigenvalue weighted by molar-refractivity contribution is 9.10. The van der Waals surface area contributed by atoms with Crippen LogP contribution in [0.5, 0.6) is 0 Å². The maximum Gasteiger partial charge on any atom is 0.326 e. The van der Waals surface area contributed by atoms with E-state index in [0.29, 0.717) is 15.2 Å². The number of carboxylic acid groups (broad SMARTS) is 1. The summed E-state index contributed by atoms with van der Waals surface area (Å²) in [4.78, 5) is 33.2. The van der Waals surface area contributed by atoms with Crippen molar-refractivity contribution < 1.29 is 19.5 Å². The number of hydrogen-bond acceptors (Lipinski definition) is 3. The first kappa shape index (κ1) is 16.3. The van der Waals surface area contributed by atoms with Gasteiger partial charge in [-0.15, -0.1) is 0 Å². The molecule has 0 radical (unpaired) electrons. The van der Waals surface area contributed by atoms with Crippen LogP contribution in [0, 0.1) is 0 Å². The van der Waals surface area contributed by atoms with E-state index in [4.69, 9.17) is 22.4 Å². The molecule has 3 amide bonds. The molecule has 0 fully saturated rings. The van der Waals surface area contributed by atoms with Crippen molar-refractivity contribution in [3.63, 3.8) is 0 Å². The quantitative estimate of drug-likeness (QED) is 0.633. The van der Waals surface area contributed by atoms with E-state index in [9.17, 15) is 14.4 Å². The number of aliphatic carboxylic acids is 1. The van der Waals surface area contributed by atoms with Gasteiger partial charge in [0.15, 0.2) is 0 Å². The summed E-state index contributed by atoms with van der Waals surface area (Å²) < 4.78 is 0.573. The molecule has 0 saturated carbocycles. The topological polar surface area (TPSA) is 122 Å². The number of hydrogen-bond donors (Lipinski definition) is 4. The third kappa shape index (κ3) is 5.06. The summed E-state index contributed by atoms with van der Waals surface area (Å²) >= 11 is 8.98. The van der Waals surface area contributed by atoms with Crippen LogP contribution >= 0.6 is 27.5 Å². The van der Waals surface area contributed by atoms with Crippen LogP contribution in [0.2, 0.25) is 5.02 Å². The van der Waals surface area contributed by atoms with Gasteiger partial charge in [0.1, 0.15) is 6.04 Å². The highest BCUT2D eigenvalue weighted by Gasteiger charge is 2.22. The third-order valence-electron chi connectivity index (χ3n) is 2.19. The molecule has 9 heteroatoms. The average molecular weight is 365 g/mol. The van der Waals surface area contributed by atoms with Crippen molar-refractivity contribution >= 4 is 51.1 Å². The van der Waals surface area contributed by atoms with Crippen molar-refractivity contribution in [2.75, 3.05) is 5.32 Å². The number of amides is 3. The van der Waals surface area contributed by atoms with E-state index in [2.05, 4.69) is 26.6 Å². The molecular weight excluding hydrogens is 353 g/mol. The Morgan fingerprint density at radius 1 is 1.40 bits per heavy atom. The molecule has 0 aromatic heterocycles. The van der Waals surface area contributed by atoms with Crippen LogP contribution in [0.15, 0.2) is 22.7 Å². The molecule has 20 heavy (non-hydrogen) atoms. The molecule has 0 spiro atoms. The Bertz CT molecular complexity index is 552. The van der Waals surface area contributed by atoms with Gasteiger partial charge < -0.3 is 21.5 Å². The van der Waals surface area contributed by atoms with Crippen molar-refractivity contribution in [2.45, 2.75) is 12.5 Å². The number of nitrogens with one attached hydrogen (secondary N) is 2. The monoisotopic (exact) mass is 363 g/mol. The van der Waals surface area contributed by atoms with E-state index >= 15 is 0 Å². The Hall–Kier alpha value is -1.80. The van der Waals surface area contributed by atoms with Crippen LogP contribution < -0.4 is 16.4 Å². The average Bonchev–Trinajstić information content (AvgIpc) is 2.32. The zero-order chi connectivity index (χ0) is 15.3. The Balaban J connectivity index is 2.67. The van der Waals surface area contributed by atoms with Gasteiger partial charge in [-0.2, -0.15) is 0 Å². The Kier molecular flexibility index (Phi) is 5.78. The van der Waals surface area contributed by atoms with E-state index in [1.54, 1.807) is 12.1 Å². The number of carbonyl (C=O) groups is 3. The van der Waals surface area contributed by atoms with Crippen LogP contribution in [-0.4, -0.2) is 29.1 Å². The minimum atomic E-state index is -1.39. The third-order valence-corrected chi connectivity index (χ3v) is 3.40. The second kappa shape index (κ2) is 7.11. The predicted molar refractivity (Wildman–Crippen MR) is 76.5 cm³/mol. The number of carboxylic acids is 1. The molecule has 5 N–H and O–H groups in total. The summed E-state index contributed by atoms with van der Waals surface area (Å²) in [6.07, 6.45) is -0.493. The van der Waals surface area contributed by atoms with Gasteiger partial charge in [-0.1, -0.05) is 11.6 Å². The number of rotatable bonds is 5. The van der Waals surface area contributed by atoms with Gasteiger partial charge in [0, 0.05) is 10.2 Å². The maximum atomic E-state index is 11.6. The largest absolute Gasteiger partial charge is 0.480 e. The second-order valence-electron chi connectivity index (χ2n) is 3.79. The van der Waals surface area contributed by atoms with Crippen molar-refractivity contribution in [1.82, 2.24) is 5.32 Å². The first-order valence-electron chi connectivity index (χ1n) is 5.33. The van der Waals surface area contributed by atoms with Crippen LogP contribution in [-0.2, 0) is 9.59 Å². The van der Waals surface area contributed by atoms with Crippen molar-refractivity contribution in [3.8, 4) is 0 Å². The van der Waals surface area contributed by atoms with Gasteiger partial charge in [-0.3, -0.25) is 4.79 Å². The van der Waals surface area contributed by atoms with Crippen LogP contribution in [0.4, 0.5) is 10.5 Å². The van der Waals surface area contributed by atoms with Gasteiger partial charge in [-0.25, -0.2) is 9.59 Å². The van der Waals surface area contributed by atoms with E-state index in [1.165, 1.54) is 6.07 Å². The SMILES string of the molecule is NC(=O)CC(NC(=O)Nc1ccc(Cl)c(Br)c1)C(=O)O. The van der Waals surface area contributed by atoms with Gasteiger partial charge in [0.05, 0.1) is 11.4 Å². The molecule has 0 aliphatic rings. The molecule has 1 rings (SSSR count). The Morgan fingerprint density at radius 3 is 2.55 bits per heavy atom. The number of anilines is 1. The summed E-state index contributed by atoms with van der Waals surface area (Å²) in [6.45, 7) is 0. The van der Waals surface area contributed by atoms with Gasteiger partial charge >= 0.3 is 12.0 Å². The Morgan fingerprint density at radius 2 is 2.05 bits per heavy atom. The normalized spacial score (nSPS) is 11.5. The molecule has 0 heterocycles. The van der Waals surface area contributed by atoms with Gasteiger partial charge in [-0.05, 0) is 34.1 Å². The molecule has 0 aliphatic heterocycles. The minimum Gasteiger partial charge on any atom is -0.480 e. The van der Waals surface area contributed by atoms with Gasteiger partial charge in [0.2, 0.25) is 5.91 Å². The molecule has 1 aromatic carbocycles. The van der Waals surface area contributed by atoms with Crippen LogP contribution in [0.1, 0.15) is 6.42 Å². The lowest BCUT2D eigenvalue weighted by Gasteiger charge is -2.13. The molecule has 7 nitrogen and oxygen atoms in total. The summed E-state index contributed by atoms with van der Waals surface area (Å²) in [5, 5.41) is 13.9. The van der Waals surface area contributed by atoms with E-state index in [-0.39, 0.29) is 0 Å². The number of halogens is 2. The fraction of sp³-hybridized carbons (Fsp3) is 0.182. The first-order chi connectivity index (χ1) is 9.29. The van der Waals surface area contributed by atoms with E-state index in [1.807, 2.05) is 0 Å². The second-order valence-corrected chi connectivity index (χ2v) is 5.05. The lowest BCUT2D eigenvalue weighted by molar-refractivity contribution is -0.140. The molecule has 1 aromatic rings. The summed E-state index contributed by atoms with van der Waals surface area (Å²) in [6, 6.07) is 2.48. The summed E-state index contributed by atoms with van der Waals surface area (Å²) in [5.41, 5.74) is 5.31. The molecule has 0 bridgehead atoms. The van der Waals surface area contributed by atoms with Crippen molar-refractivity contribution in [1.29, 1.82) is 0 Å². The number of urea groups is 1. The number of nitrogens with two attached hydrogens (primary N) is 1. The number of primary amides is 1. The summed E-state index contributed by atoms with van der Waals surface area (Å²) in [5.74, 6) is -2.18. The predicted octanol–water partition coefficient (Wildman–Crippen LogP) is 1.55. The van der Waals surface area contributed by atoms with E-state index < -0.39 is 30.4 Å². The molecule has 1 unspecified atom stereocenters. The molecule has 0 aliphatic carbocycles.